The molecule has 1 aliphatic heterocycles. The summed E-state index contributed by atoms with van der Waals surface area (Å²) >= 11 is 1.70. The van der Waals surface area contributed by atoms with E-state index in [0.29, 0.717) is 25.8 Å². The average molecular weight is 403 g/mol. The molecule has 0 aliphatic carbocycles. The van der Waals surface area contributed by atoms with Gasteiger partial charge in [0.1, 0.15) is 5.01 Å². The summed E-state index contributed by atoms with van der Waals surface area (Å²) in [6.07, 6.45) is 4.19. The second kappa shape index (κ2) is 11.1. The summed E-state index contributed by atoms with van der Waals surface area (Å²) in [5.74, 6) is 0.805. The summed E-state index contributed by atoms with van der Waals surface area (Å²) in [4.78, 5) is 10.3. The van der Waals surface area contributed by atoms with E-state index in [1.165, 1.54) is 16.0 Å². The lowest BCUT2D eigenvalue weighted by Gasteiger charge is -2.22. The van der Waals surface area contributed by atoms with Gasteiger partial charge in [-0.2, -0.15) is 0 Å². The van der Waals surface area contributed by atoms with E-state index in [1.807, 2.05) is 6.20 Å². The number of benzene rings is 1. The lowest BCUT2D eigenvalue weighted by molar-refractivity contribution is -0.0390. The highest BCUT2D eigenvalue weighted by molar-refractivity contribution is 7.11. The van der Waals surface area contributed by atoms with Crippen LogP contribution >= 0.6 is 11.3 Å². The van der Waals surface area contributed by atoms with E-state index in [2.05, 4.69) is 53.7 Å². The molecule has 1 aromatic heterocycles. The largest absolute Gasteiger partial charge is 0.381 e. The van der Waals surface area contributed by atoms with E-state index in [0.717, 1.165) is 43.6 Å². The number of aliphatic imine (C=N–C) groups is 1. The second-order valence-electron chi connectivity index (χ2n) is 6.86. The first-order valence-electron chi connectivity index (χ1n) is 9.93. The molecule has 152 valence electrons. The van der Waals surface area contributed by atoms with Crippen LogP contribution in [0, 0.1) is 6.92 Å². The Hall–Kier alpha value is -1.96. The van der Waals surface area contributed by atoms with Crippen molar-refractivity contribution in [2.75, 3.05) is 19.8 Å². The second-order valence-corrected chi connectivity index (χ2v) is 8.18. The van der Waals surface area contributed by atoms with Crippen molar-refractivity contribution in [1.29, 1.82) is 0 Å². The summed E-state index contributed by atoms with van der Waals surface area (Å²) in [7, 11) is 0. The van der Waals surface area contributed by atoms with Crippen LogP contribution in [0.3, 0.4) is 0 Å². The number of nitrogens with zero attached hydrogens (tertiary/aromatic N) is 2. The van der Waals surface area contributed by atoms with Crippen LogP contribution in [-0.2, 0) is 29.2 Å². The van der Waals surface area contributed by atoms with Gasteiger partial charge in [0, 0.05) is 30.8 Å². The quantitative estimate of drug-likeness (QED) is 0.523. The summed E-state index contributed by atoms with van der Waals surface area (Å²) in [5.41, 5.74) is 2.37. The molecule has 0 bridgehead atoms. The molecule has 2 aromatic rings. The molecule has 1 saturated heterocycles. The molecule has 0 radical (unpaired) electrons. The zero-order chi connectivity index (χ0) is 19.6. The molecule has 3 rings (SSSR count). The normalized spacial score (nSPS) is 15.6. The van der Waals surface area contributed by atoms with E-state index >= 15 is 0 Å². The molecule has 0 saturated carbocycles. The Morgan fingerprint density at radius 3 is 2.86 bits per heavy atom. The van der Waals surface area contributed by atoms with Gasteiger partial charge in [0.15, 0.2) is 5.96 Å². The van der Waals surface area contributed by atoms with Gasteiger partial charge >= 0.3 is 0 Å². The van der Waals surface area contributed by atoms with Gasteiger partial charge in [-0.25, -0.2) is 9.98 Å². The number of thiazole rings is 1. The highest BCUT2D eigenvalue weighted by atomic mass is 32.1. The van der Waals surface area contributed by atoms with Crippen molar-refractivity contribution in [2.45, 2.75) is 52.5 Å². The highest BCUT2D eigenvalue weighted by Crippen LogP contribution is 2.15. The maximum Gasteiger partial charge on any atom is 0.191 e. The van der Waals surface area contributed by atoms with Gasteiger partial charge in [0.05, 0.1) is 25.8 Å². The standard InChI is InChI=1S/C21H30N4O2S/c1-3-22-21(25-14-20-23-12-16(2)28-20)24-13-17-5-4-6-18(11-17)15-27-19-7-9-26-10-8-19/h4-6,11-12,19H,3,7-10,13-15H2,1-2H3,(H2,22,24,25). The maximum atomic E-state index is 6.03. The van der Waals surface area contributed by atoms with Gasteiger partial charge in [-0.1, -0.05) is 24.3 Å². The van der Waals surface area contributed by atoms with Crippen molar-refractivity contribution in [3.8, 4) is 0 Å². The molecule has 6 nitrogen and oxygen atoms in total. The third kappa shape index (κ3) is 6.89. The monoisotopic (exact) mass is 402 g/mol. The minimum absolute atomic E-state index is 0.314. The van der Waals surface area contributed by atoms with Crippen molar-refractivity contribution in [3.63, 3.8) is 0 Å². The van der Waals surface area contributed by atoms with Crippen molar-refractivity contribution < 1.29 is 9.47 Å². The molecule has 0 amide bonds. The van der Waals surface area contributed by atoms with Crippen LogP contribution in [0.25, 0.3) is 0 Å². The van der Waals surface area contributed by atoms with E-state index < -0.39 is 0 Å². The fourth-order valence-corrected chi connectivity index (χ4v) is 3.76. The summed E-state index contributed by atoms with van der Waals surface area (Å²) in [6.45, 7) is 8.52. The number of rotatable bonds is 8. The van der Waals surface area contributed by atoms with Crippen LogP contribution < -0.4 is 10.6 Å². The number of aromatic nitrogens is 1. The van der Waals surface area contributed by atoms with Crippen molar-refractivity contribution in [2.24, 2.45) is 4.99 Å². The van der Waals surface area contributed by atoms with Crippen LogP contribution in [0.5, 0.6) is 0 Å². The number of hydrogen-bond acceptors (Lipinski definition) is 5. The van der Waals surface area contributed by atoms with Crippen molar-refractivity contribution in [1.82, 2.24) is 15.6 Å². The lowest BCUT2D eigenvalue weighted by Crippen LogP contribution is -2.36. The zero-order valence-corrected chi connectivity index (χ0v) is 17.6. The van der Waals surface area contributed by atoms with Crippen molar-refractivity contribution >= 4 is 17.3 Å². The Kier molecular flexibility index (Phi) is 8.26. The number of nitrogens with one attached hydrogen (secondary N) is 2. The summed E-state index contributed by atoms with van der Waals surface area (Å²) in [5, 5.41) is 7.71. The first kappa shape index (κ1) is 20.8. The Bertz CT molecular complexity index is 756. The first-order valence-corrected chi connectivity index (χ1v) is 10.7. The number of ether oxygens (including phenoxy) is 2. The topological polar surface area (TPSA) is 67.8 Å². The van der Waals surface area contributed by atoms with Gasteiger partial charge < -0.3 is 20.1 Å². The average Bonchev–Trinajstić information content (AvgIpc) is 3.15. The minimum Gasteiger partial charge on any atom is -0.381 e. The molecular formula is C21H30N4O2S. The SMILES string of the molecule is CCNC(=NCc1cccc(COC2CCOCC2)c1)NCc1ncc(C)s1. The van der Waals surface area contributed by atoms with Gasteiger partial charge in [0.2, 0.25) is 0 Å². The molecule has 28 heavy (non-hydrogen) atoms. The molecule has 7 heteroatoms. The molecule has 0 unspecified atom stereocenters. The van der Waals surface area contributed by atoms with E-state index in [1.54, 1.807) is 11.3 Å². The minimum atomic E-state index is 0.314. The summed E-state index contributed by atoms with van der Waals surface area (Å²) in [6, 6.07) is 8.47. The van der Waals surface area contributed by atoms with E-state index in [4.69, 9.17) is 14.5 Å². The first-order chi connectivity index (χ1) is 13.7. The molecule has 0 spiro atoms. The van der Waals surface area contributed by atoms with Crippen LogP contribution in [0.4, 0.5) is 0 Å². The predicted molar refractivity (Wildman–Crippen MR) is 114 cm³/mol. The third-order valence-corrected chi connectivity index (χ3v) is 5.40. The fraction of sp³-hybridized carbons (Fsp3) is 0.524. The molecular weight excluding hydrogens is 372 g/mol. The maximum absolute atomic E-state index is 6.03. The Morgan fingerprint density at radius 1 is 1.29 bits per heavy atom. The molecule has 1 aromatic carbocycles. The van der Waals surface area contributed by atoms with Gasteiger partial charge in [-0.05, 0) is 37.8 Å². The third-order valence-electron chi connectivity index (χ3n) is 4.49. The smallest absolute Gasteiger partial charge is 0.191 e. The highest BCUT2D eigenvalue weighted by Gasteiger charge is 2.14. The van der Waals surface area contributed by atoms with E-state index in [-0.39, 0.29) is 0 Å². The Labute approximate surface area is 171 Å². The van der Waals surface area contributed by atoms with Crippen molar-refractivity contribution in [3.05, 3.63) is 51.5 Å². The number of guanidine groups is 1. The van der Waals surface area contributed by atoms with Crippen LogP contribution in [0.2, 0.25) is 0 Å². The molecule has 0 atom stereocenters. The number of hydrogen-bond donors (Lipinski definition) is 2. The van der Waals surface area contributed by atoms with Crippen LogP contribution in [-0.4, -0.2) is 36.8 Å². The fourth-order valence-electron chi connectivity index (χ4n) is 3.03. The van der Waals surface area contributed by atoms with Gasteiger partial charge in [-0.3, -0.25) is 0 Å². The summed E-state index contributed by atoms with van der Waals surface area (Å²) < 4.78 is 11.4. The van der Waals surface area contributed by atoms with Crippen LogP contribution in [0.1, 0.15) is 40.8 Å². The molecule has 2 heterocycles. The molecule has 2 N–H and O–H groups in total. The zero-order valence-electron chi connectivity index (χ0n) is 16.7. The van der Waals surface area contributed by atoms with Gasteiger partial charge in [0.25, 0.3) is 0 Å². The molecule has 1 aliphatic rings. The van der Waals surface area contributed by atoms with Gasteiger partial charge in [-0.15, -0.1) is 11.3 Å². The van der Waals surface area contributed by atoms with Crippen LogP contribution in [0.15, 0.2) is 35.5 Å². The lowest BCUT2D eigenvalue weighted by atomic mass is 10.1. The number of aryl methyl sites for hydroxylation is 1. The predicted octanol–water partition coefficient (Wildman–Crippen LogP) is 3.40. The Morgan fingerprint density at radius 2 is 2.11 bits per heavy atom. The van der Waals surface area contributed by atoms with E-state index in [9.17, 15) is 0 Å². The molecule has 1 fully saturated rings. The Balaban J connectivity index is 1.52.